The molecule has 0 bridgehead atoms. The van der Waals surface area contributed by atoms with Gasteiger partial charge in [-0.15, -0.1) is 0 Å². The van der Waals surface area contributed by atoms with Crippen LogP contribution >= 0.6 is 11.8 Å². The van der Waals surface area contributed by atoms with E-state index in [4.69, 9.17) is 4.74 Å². The van der Waals surface area contributed by atoms with Crippen molar-refractivity contribution in [2.45, 2.75) is 45.4 Å². The number of carbonyl (C=O) groups is 1. The number of methoxy groups -OCH3 is 1. The van der Waals surface area contributed by atoms with Gasteiger partial charge in [0.25, 0.3) is 0 Å². The molecule has 5 nitrogen and oxygen atoms in total. The number of nitrogens with one attached hydrogen (secondary N) is 1. The van der Waals surface area contributed by atoms with Crippen LogP contribution in [0.1, 0.15) is 35.5 Å². The highest BCUT2D eigenvalue weighted by Crippen LogP contribution is 2.22. The monoisotopic (exact) mass is 361 g/mol. The van der Waals surface area contributed by atoms with Crippen LogP contribution in [0.4, 0.5) is 0 Å². The van der Waals surface area contributed by atoms with Crippen molar-refractivity contribution in [3.63, 3.8) is 0 Å². The first-order chi connectivity index (χ1) is 11.9. The van der Waals surface area contributed by atoms with Crippen LogP contribution in [0, 0.1) is 20.8 Å². The number of hydrogen-bond acceptors (Lipinski definition) is 4. The Hall–Kier alpha value is -1.79. The third-order valence-electron chi connectivity index (χ3n) is 4.31. The van der Waals surface area contributed by atoms with Crippen LogP contribution in [0.15, 0.2) is 29.4 Å². The molecule has 25 heavy (non-hydrogen) atoms. The molecule has 136 valence electrons. The minimum Gasteiger partial charge on any atom is -0.383 e. The number of aryl methyl sites for hydroxylation is 2. The van der Waals surface area contributed by atoms with Gasteiger partial charge in [0.15, 0.2) is 5.16 Å². The van der Waals surface area contributed by atoms with Gasteiger partial charge in [-0.25, -0.2) is 4.98 Å². The molecule has 0 aliphatic heterocycles. The summed E-state index contributed by atoms with van der Waals surface area (Å²) in [5, 5.41) is 3.94. The van der Waals surface area contributed by atoms with E-state index in [0.717, 1.165) is 28.7 Å². The second-order valence-corrected chi connectivity index (χ2v) is 7.09. The molecular weight excluding hydrogens is 334 g/mol. The van der Waals surface area contributed by atoms with Gasteiger partial charge in [-0.05, 0) is 38.8 Å². The molecule has 1 aromatic carbocycles. The average Bonchev–Trinajstić information content (AvgIpc) is 2.85. The normalized spacial score (nSPS) is 12.2. The molecular formula is C19H27N3O2S. The third-order valence-corrected chi connectivity index (χ3v) is 5.28. The Morgan fingerprint density at radius 3 is 2.72 bits per heavy atom. The van der Waals surface area contributed by atoms with Crippen molar-refractivity contribution in [3.05, 3.63) is 46.8 Å². The molecule has 6 heteroatoms. The molecule has 2 rings (SSSR count). The second kappa shape index (κ2) is 9.06. The van der Waals surface area contributed by atoms with E-state index in [1.165, 1.54) is 17.3 Å². The molecule has 0 spiro atoms. The highest BCUT2D eigenvalue weighted by atomic mass is 32.2. The van der Waals surface area contributed by atoms with Crippen LogP contribution in [-0.4, -0.2) is 34.9 Å². The number of rotatable bonds is 8. The minimum atomic E-state index is -0.00833. The topological polar surface area (TPSA) is 56.1 Å². The number of hydrogen-bond donors (Lipinski definition) is 1. The SMILES string of the molecule is COCCn1c(SCC(=O)NC(C)c2ccccc2C)nc(C)c1C. The molecule has 1 heterocycles. The van der Waals surface area contributed by atoms with Gasteiger partial charge < -0.3 is 14.6 Å². The van der Waals surface area contributed by atoms with Crippen molar-refractivity contribution in [1.82, 2.24) is 14.9 Å². The summed E-state index contributed by atoms with van der Waals surface area (Å²) in [6.07, 6.45) is 0. The highest BCUT2D eigenvalue weighted by Gasteiger charge is 2.15. The fourth-order valence-electron chi connectivity index (χ4n) is 2.74. The number of imidazole rings is 1. The first-order valence-electron chi connectivity index (χ1n) is 8.44. The molecule has 1 amide bonds. The van der Waals surface area contributed by atoms with E-state index in [1.54, 1.807) is 7.11 Å². The van der Waals surface area contributed by atoms with Gasteiger partial charge in [0.2, 0.25) is 5.91 Å². The maximum absolute atomic E-state index is 12.3. The lowest BCUT2D eigenvalue weighted by Crippen LogP contribution is -2.28. The van der Waals surface area contributed by atoms with Crippen molar-refractivity contribution < 1.29 is 9.53 Å². The maximum Gasteiger partial charge on any atom is 0.230 e. The molecule has 0 fully saturated rings. The first kappa shape index (κ1) is 19.5. The molecule has 1 aromatic heterocycles. The highest BCUT2D eigenvalue weighted by molar-refractivity contribution is 7.99. The predicted molar refractivity (Wildman–Crippen MR) is 102 cm³/mol. The van der Waals surface area contributed by atoms with Gasteiger partial charge in [-0.3, -0.25) is 4.79 Å². The van der Waals surface area contributed by atoms with E-state index in [1.807, 2.05) is 32.9 Å². The van der Waals surface area contributed by atoms with Gasteiger partial charge in [-0.2, -0.15) is 0 Å². The Labute approximate surface area is 154 Å². The van der Waals surface area contributed by atoms with E-state index >= 15 is 0 Å². The molecule has 1 atom stereocenters. The van der Waals surface area contributed by atoms with Crippen molar-refractivity contribution in [2.75, 3.05) is 19.5 Å². The lowest BCUT2D eigenvalue weighted by Gasteiger charge is -2.16. The fourth-order valence-corrected chi connectivity index (χ4v) is 3.67. The summed E-state index contributed by atoms with van der Waals surface area (Å²) in [5.74, 6) is 0.358. The van der Waals surface area contributed by atoms with E-state index in [0.29, 0.717) is 12.4 Å². The van der Waals surface area contributed by atoms with Crippen LogP contribution in [-0.2, 0) is 16.1 Å². The van der Waals surface area contributed by atoms with E-state index in [2.05, 4.69) is 33.9 Å². The molecule has 0 saturated heterocycles. The number of benzene rings is 1. The van der Waals surface area contributed by atoms with Gasteiger partial charge >= 0.3 is 0 Å². The van der Waals surface area contributed by atoms with E-state index in [9.17, 15) is 4.79 Å². The zero-order valence-corrected chi connectivity index (χ0v) is 16.4. The smallest absolute Gasteiger partial charge is 0.230 e. The summed E-state index contributed by atoms with van der Waals surface area (Å²) in [4.78, 5) is 16.9. The predicted octanol–water partition coefficient (Wildman–Crippen LogP) is 3.42. The summed E-state index contributed by atoms with van der Waals surface area (Å²) >= 11 is 1.47. The Morgan fingerprint density at radius 2 is 2.04 bits per heavy atom. The van der Waals surface area contributed by atoms with Crippen LogP contribution in [0.2, 0.25) is 0 Å². The number of nitrogens with zero attached hydrogens (tertiary/aromatic N) is 2. The zero-order valence-electron chi connectivity index (χ0n) is 15.6. The second-order valence-electron chi connectivity index (χ2n) is 6.14. The van der Waals surface area contributed by atoms with Crippen LogP contribution in [0.3, 0.4) is 0 Å². The maximum atomic E-state index is 12.3. The van der Waals surface area contributed by atoms with Crippen LogP contribution in [0.25, 0.3) is 0 Å². The number of ether oxygens (including phenoxy) is 1. The number of amides is 1. The lowest BCUT2D eigenvalue weighted by molar-refractivity contribution is -0.119. The molecule has 0 saturated carbocycles. The minimum absolute atomic E-state index is 0.00833. The van der Waals surface area contributed by atoms with Gasteiger partial charge in [0.1, 0.15) is 0 Å². The molecule has 0 aliphatic rings. The number of thioether (sulfide) groups is 1. The van der Waals surface area contributed by atoms with Gasteiger partial charge in [-0.1, -0.05) is 36.0 Å². The van der Waals surface area contributed by atoms with E-state index in [-0.39, 0.29) is 11.9 Å². The zero-order chi connectivity index (χ0) is 18.4. The summed E-state index contributed by atoms with van der Waals surface area (Å²) in [6, 6.07) is 8.11. The van der Waals surface area contributed by atoms with E-state index < -0.39 is 0 Å². The Kier molecular flexibility index (Phi) is 7.08. The third kappa shape index (κ3) is 5.09. The Bertz CT molecular complexity index is 727. The summed E-state index contributed by atoms with van der Waals surface area (Å²) in [5.41, 5.74) is 4.44. The summed E-state index contributed by atoms with van der Waals surface area (Å²) < 4.78 is 7.28. The van der Waals surface area contributed by atoms with Crippen molar-refractivity contribution in [1.29, 1.82) is 0 Å². The molecule has 1 unspecified atom stereocenters. The Morgan fingerprint density at radius 1 is 1.32 bits per heavy atom. The van der Waals surface area contributed by atoms with Gasteiger partial charge in [0, 0.05) is 19.3 Å². The molecule has 1 N–H and O–H groups in total. The number of aromatic nitrogens is 2. The van der Waals surface area contributed by atoms with Gasteiger partial charge in [0.05, 0.1) is 24.1 Å². The standard InChI is InChI=1S/C19H27N3O2S/c1-13-8-6-7-9-17(13)15(3)20-18(23)12-25-19-21-14(2)16(4)22(19)10-11-24-5/h6-9,15H,10-12H2,1-5H3,(H,20,23). The number of carbonyl (C=O) groups excluding carboxylic acids is 1. The lowest BCUT2D eigenvalue weighted by atomic mass is 10.0. The molecule has 2 aromatic rings. The quantitative estimate of drug-likeness (QED) is 0.732. The van der Waals surface area contributed by atoms with Crippen LogP contribution < -0.4 is 5.32 Å². The Balaban J connectivity index is 1.96. The van der Waals surface area contributed by atoms with Crippen molar-refractivity contribution in [3.8, 4) is 0 Å². The van der Waals surface area contributed by atoms with Crippen LogP contribution in [0.5, 0.6) is 0 Å². The van der Waals surface area contributed by atoms with Crippen molar-refractivity contribution >= 4 is 17.7 Å². The van der Waals surface area contributed by atoms with Crippen molar-refractivity contribution in [2.24, 2.45) is 0 Å². The molecule has 0 aliphatic carbocycles. The average molecular weight is 362 g/mol. The fraction of sp³-hybridized carbons (Fsp3) is 0.474. The summed E-state index contributed by atoms with van der Waals surface area (Å²) in [6.45, 7) is 9.47. The summed E-state index contributed by atoms with van der Waals surface area (Å²) in [7, 11) is 1.69. The molecule has 0 radical (unpaired) electrons. The largest absolute Gasteiger partial charge is 0.383 e. The first-order valence-corrected chi connectivity index (χ1v) is 9.43.